The summed E-state index contributed by atoms with van der Waals surface area (Å²) in [6, 6.07) is 0.0588. The Morgan fingerprint density at radius 3 is 2.57 bits per heavy atom. The maximum absolute atomic E-state index is 11.2. The molecule has 1 aromatic heterocycles. The van der Waals surface area contributed by atoms with Crippen LogP contribution < -0.4 is 11.1 Å². The second kappa shape index (κ2) is 6.64. The summed E-state index contributed by atoms with van der Waals surface area (Å²) in [5, 5.41) is 22.7. The molecule has 0 bridgehead atoms. The molecule has 1 aromatic rings. The molecule has 1 amide bonds. The Labute approximate surface area is 120 Å². The number of carbonyl (C=O) groups is 2. The second-order valence-corrected chi connectivity index (χ2v) is 4.84. The Morgan fingerprint density at radius 1 is 1.52 bits per heavy atom. The summed E-state index contributed by atoms with van der Waals surface area (Å²) in [4.78, 5) is 36.4. The van der Waals surface area contributed by atoms with Gasteiger partial charge in [-0.15, -0.1) is 0 Å². The Kier molecular flexibility index (Phi) is 5.17. The summed E-state index contributed by atoms with van der Waals surface area (Å²) in [7, 11) is 0. The lowest BCUT2D eigenvalue weighted by Gasteiger charge is -2.17. The van der Waals surface area contributed by atoms with Crippen LogP contribution in [-0.4, -0.2) is 32.9 Å². The molecule has 0 unspecified atom stereocenters. The third-order valence-electron chi connectivity index (χ3n) is 2.69. The minimum absolute atomic E-state index is 0.0528. The zero-order valence-electron chi connectivity index (χ0n) is 11.6. The number of hydrogen-bond donors (Lipinski definition) is 3. The molecular weight excluding hydrogens is 280 g/mol. The quantitative estimate of drug-likeness (QED) is 0.502. The third kappa shape index (κ3) is 4.13. The predicted molar refractivity (Wildman–Crippen MR) is 73.9 cm³/mol. The summed E-state index contributed by atoms with van der Waals surface area (Å²) in [5.74, 6) is -2.38. The number of nitrogens with zero attached hydrogens (tertiary/aromatic N) is 2. The first-order valence-electron chi connectivity index (χ1n) is 6.16. The van der Waals surface area contributed by atoms with Crippen molar-refractivity contribution in [3.63, 3.8) is 0 Å². The van der Waals surface area contributed by atoms with Gasteiger partial charge >= 0.3 is 11.7 Å². The van der Waals surface area contributed by atoms with Crippen LogP contribution in [0.25, 0.3) is 0 Å². The van der Waals surface area contributed by atoms with Crippen molar-refractivity contribution in [1.29, 1.82) is 0 Å². The number of pyridine rings is 1. The number of anilines is 1. The SMILES string of the molecule is CC(C)C[C@@H](Nc1nccc(C(N)=O)c1[N+](=O)[O-])C(=O)O. The van der Waals surface area contributed by atoms with Crippen LogP contribution >= 0.6 is 0 Å². The standard InChI is InChI=1S/C12H16N4O5/c1-6(2)5-8(12(18)19)15-11-9(16(20)21)7(10(13)17)3-4-14-11/h3-4,6,8H,5H2,1-2H3,(H2,13,17)(H,14,15)(H,18,19)/t8-/m1/s1. The van der Waals surface area contributed by atoms with Crippen molar-refractivity contribution in [2.45, 2.75) is 26.3 Å². The van der Waals surface area contributed by atoms with Gasteiger partial charge in [0.05, 0.1) is 4.92 Å². The lowest BCUT2D eigenvalue weighted by molar-refractivity contribution is -0.384. The number of nitrogens with two attached hydrogens (primary N) is 1. The number of rotatable bonds is 7. The number of aliphatic carboxylic acids is 1. The topological polar surface area (TPSA) is 148 Å². The molecule has 0 spiro atoms. The molecule has 0 aliphatic rings. The van der Waals surface area contributed by atoms with Crippen molar-refractivity contribution in [1.82, 2.24) is 4.98 Å². The molecule has 4 N–H and O–H groups in total. The number of carboxylic acid groups (broad SMARTS) is 1. The van der Waals surface area contributed by atoms with Crippen molar-refractivity contribution in [2.24, 2.45) is 11.7 Å². The number of primary amides is 1. The summed E-state index contributed by atoms with van der Waals surface area (Å²) < 4.78 is 0. The maximum Gasteiger partial charge on any atom is 0.326 e. The zero-order valence-corrected chi connectivity index (χ0v) is 11.6. The Bertz CT molecular complexity index is 573. The van der Waals surface area contributed by atoms with E-state index in [9.17, 15) is 19.7 Å². The van der Waals surface area contributed by atoms with Crippen LogP contribution in [0.1, 0.15) is 30.6 Å². The average molecular weight is 296 g/mol. The van der Waals surface area contributed by atoms with Crippen molar-refractivity contribution in [3.8, 4) is 0 Å². The Hall–Kier alpha value is -2.71. The van der Waals surface area contributed by atoms with Gasteiger partial charge in [-0.1, -0.05) is 13.8 Å². The summed E-state index contributed by atoms with van der Waals surface area (Å²) in [6.45, 7) is 3.64. The van der Waals surface area contributed by atoms with Gasteiger partial charge in [0.1, 0.15) is 11.6 Å². The molecule has 9 nitrogen and oxygen atoms in total. The average Bonchev–Trinajstić information content (AvgIpc) is 2.36. The molecule has 0 aliphatic heterocycles. The normalized spacial score (nSPS) is 12.0. The molecule has 0 aliphatic carbocycles. The number of carboxylic acids is 1. The first-order chi connectivity index (χ1) is 9.73. The van der Waals surface area contributed by atoms with E-state index in [0.29, 0.717) is 0 Å². The first kappa shape index (κ1) is 16.3. The summed E-state index contributed by atoms with van der Waals surface area (Å²) >= 11 is 0. The molecule has 0 saturated carbocycles. The fourth-order valence-electron chi connectivity index (χ4n) is 1.80. The van der Waals surface area contributed by atoms with E-state index in [0.717, 1.165) is 12.3 Å². The van der Waals surface area contributed by atoms with Crippen LogP contribution in [0.3, 0.4) is 0 Å². The van der Waals surface area contributed by atoms with Gasteiger partial charge in [0.2, 0.25) is 5.82 Å². The Balaban J connectivity index is 3.23. The molecule has 1 rings (SSSR count). The lowest BCUT2D eigenvalue weighted by Crippen LogP contribution is -2.31. The highest BCUT2D eigenvalue weighted by atomic mass is 16.6. The number of aromatic nitrogens is 1. The number of amides is 1. The van der Waals surface area contributed by atoms with Crippen LogP contribution in [0.4, 0.5) is 11.5 Å². The molecule has 0 saturated heterocycles. The van der Waals surface area contributed by atoms with Gasteiger partial charge < -0.3 is 16.2 Å². The van der Waals surface area contributed by atoms with Gasteiger partial charge in [0.15, 0.2) is 0 Å². The second-order valence-electron chi connectivity index (χ2n) is 4.84. The van der Waals surface area contributed by atoms with E-state index in [4.69, 9.17) is 10.8 Å². The van der Waals surface area contributed by atoms with Crippen molar-refractivity contribution in [2.75, 3.05) is 5.32 Å². The Morgan fingerprint density at radius 2 is 2.14 bits per heavy atom. The predicted octanol–water partition coefficient (Wildman–Crippen LogP) is 1.000. The zero-order chi connectivity index (χ0) is 16.2. The van der Waals surface area contributed by atoms with Gasteiger partial charge in [-0.25, -0.2) is 9.78 Å². The monoisotopic (exact) mass is 296 g/mol. The first-order valence-corrected chi connectivity index (χ1v) is 6.16. The van der Waals surface area contributed by atoms with Gasteiger partial charge in [-0.05, 0) is 18.4 Å². The fraction of sp³-hybridized carbons (Fsp3) is 0.417. The van der Waals surface area contributed by atoms with Gasteiger partial charge in [0, 0.05) is 6.20 Å². The molecule has 0 fully saturated rings. The van der Waals surface area contributed by atoms with Crippen molar-refractivity contribution < 1.29 is 19.6 Å². The molecule has 0 aromatic carbocycles. The fourth-order valence-corrected chi connectivity index (χ4v) is 1.80. The van der Waals surface area contributed by atoms with E-state index < -0.39 is 28.5 Å². The third-order valence-corrected chi connectivity index (χ3v) is 2.69. The van der Waals surface area contributed by atoms with E-state index in [2.05, 4.69) is 10.3 Å². The molecule has 21 heavy (non-hydrogen) atoms. The van der Waals surface area contributed by atoms with Crippen molar-refractivity contribution >= 4 is 23.4 Å². The van der Waals surface area contributed by atoms with Crippen LogP contribution in [0.15, 0.2) is 12.3 Å². The maximum atomic E-state index is 11.2. The summed E-state index contributed by atoms with van der Waals surface area (Å²) in [6.07, 6.45) is 1.40. The lowest BCUT2D eigenvalue weighted by atomic mass is 10.0. The molecular formula is C12H16N4O5. The van der Waals surface area contributed by atoms with Gasteiger partial charge in [0.25, 0.3) is 5.91 Å². The molecule has 9 heteroatoms. The smallest absolute Gasteiger partial charge is 0.326 e. The van der Waals surface area contributed by atoms with E-state index in [1.54, 1.807) is 0 Å². The van der Waals surface area contributed by atoms with Gasteiger partial charge in [-0.3, -0.25) is 14.9 Å². The van der Waals surface area contributed by atoms with E-state index in [1.807, 2.05) is 13.8 Å². The van der Waals surface area contributed by atoms with E-state index in [-0.39, 0.29) is 23.7 Å². The molecule has 114 valence electrons. The highest BCUT2D eigenvalue weighted by molar-refractivity contribution is 5.99. The molecule has 1 atom stereocenters. The number of carbonyl (C=O) groups excluding carboxylic acids is 1. The van der Waals surface area contributed by atoms with E-state index in [1.165, 1.54) is 0 Å². The number of nitrogens with one attached hydrogen (secondary N) is 1. The molecule has 1 heterocycles. The van der Waals surface area contributed by atoms with Crippen LogP contribution in [0, 0.1) is 16.0 Å². The number of nitro groups is 1. The van der Waals surface area contributed by atoms with Gasteiger partial charge in [-0.2, -0.15) is 0 Å². The number of hydrogen-bond acceptors (Lipinski definition) is 6. The van der Waals surface area contributed by atoms with Crippen LogP contribution in [0.5, 0.6) is 0 Å². The van der Waals surface area contributed by atoms with Crippen LogP contribution in [0.2, 0.25) is 0 Å². The largest absolute Gasteiger partial charge is 0.480 e. The minimum atomic E-state index is -1.16. The molecule has 0 radical (unpaired) electrons. The van der Waals surface area contributed by atoms with Crippen molar-refractivity contribution in [3.05, 3.63) is 27.9 Å². The highest BCUT2D eigenvalue weighted by Gasteiger charge is 2.28. The van der Waals surface area contributed by atoms with E-state index >= 15 is 0 Å². The summed E-state index contributed by atoms with van der Waals surface area (Å²) in [5.41, 5.74) is 4.12. The van der Waals surface area contributed by atoms with Crippen LogP contribution in [-0.2, 0) is 4.79 Å². The minimum Gasteiger partial charge on any atom is -0.480 e. The highest BCUT2D eigenvalue weighted by Crippen LogP contribution is 2.27.